The summed E-state index contributed by atoms with van der Waals surface area (Å²) < 4.78 is 10.5. The van der Waals surface area contributed by atoms with Gasteiger partial charge >= 0.3 is 0 Å². The van der Waals surface area contributed by atoms with Crippen molar-refractivity contribution in [3.63, 3.8) is 0 Å². The zero-order valence-electron chi connectivity index (χ0n) is 5.59. The van der Waals surface area contributed by atoms with Crippen LogP contribution < -0.4 is 5.32 Å². The van der Waals surface area contributed by atoms with Gasteiger partial charge in [-0.2, -0.15) is 0 Å². The minimum absolute atomic E-state index is 0.0216. The molecular formula is C5H11NO2S. The quantitative estimate of drug-likeness (QED) is 0.548. The Kier molecular flexibility index (Phi) is 4.30. The van der Waals surface area contributed by atoms with Crippen molar-refractivity contribution in [2.24, 2.45) is 0 Å². The largest absolute Gasteiger partial charge is 0.355 e. The van der Waals surface area contributed by atoms with Crippen molar-refractivity contribution in [1.82, 2.24) is 5.32 Å². The van der Waals surface area contributed by atoms with Crippen molar-refractivity contribution in [2.45, 2.75) is 13.0 Å². The second-order valence-electron chi connectivity index (χ2n) is 1.93. The summed E-state index contributed by atoms with van der Waals surface area (Å²) in [6.45, 7) is 1.82. The molecule has 0 spiro atoms. The van der Waals surface area contributed by atoms with E-state index in [4.69, 9.17) is 0 Å². The highest BCUT2D eigenvalue weighted by Crippen LogP contribution is 1.82. The molecule has 0 saturated carbocycles. The van der Waals surface area contributed by atoms with Crippen LogP contribution in [0.2, 0.25) is 0 Å². The topological polar surface area (TPSA) is 46.2 Å². The molecule has 0 aliphatic carbocycles. The second kappa shape index (κ2) is 4.49. The Balaban J connectivity index is 3.37. The van der Waals surface area contributed by atoms with Crippen molar-refractivity contribution in [1.29, 1.82) is 0 Å². The van der Waals surface area contributed by atoms with Gasteiger partial charge in [-0.15, -0.1) is 0 Å². The molecule has 1 amide bonds. The standard InChI is InChI=1S/C5H11NO2S/c1-5(6-4-7)3-9(2)8/h4-5H,3H2,1-2H3,(H,6,7). The van der Waals surface area contributed by atoms with Gasteiger partial charge in [0, 0.05) is 28.9 Å². The van der Waals surface area contributed by atoms with E-state index in [0.29, 0.717) is 12.2 Å². The smallest absolute Gasteiger partial charge is 0.207 e. The van der Waals surface area contributed by atoms with Crippen LogP contribution in [0.4, 0.5) is 0 Å². The number of hydrogen-bond acceptors (Lipinski definition) is 2. The van der Waals surface area contributed by atoms with Gasteiger partial charge in [0.1, 0.15) is 0 Å². The number of carbonyl (C=O) groups excluding carboxylic acids is 1. The summed E-state index contributed by atoms with van der Waals surface area (Å²) in [4.78, 5) is 9.79. The van der Waals surface area contributed by atoms with E-state index in [-0.39, 0.29) is 6.04 Å². The van der Waals surface area contributed by atoms with E-state index < -0.39 is 10.8 Å². The maximum absolute atomic E-state index is 10.5. The fraction of sp³-hybridized carbons (Fsp3) is 0.800. The van der Waals surface area contributed by atoms with Gasteiger partial charge in [0.15, 0.2) is 0 Å². The SMILES string of the molecule is CC(CS(C)=O)NC=O. The number of rotatable bonds is 4. The van der Waals surface area contributed by atoms with Gasteiger partial charge in [0.25, 0.3) is 0 Å². The number of amides is 1. The second-order valence-corrected chi connectivity index (χ2v) is 3.41. The molecule has 0 rings (SSSR count). The van der Waals surface area contributed by atoms with E-state index in [1.807, 2.05) is 6.92 Å². The number of carbonyl (C=O) groups is 1. The van der Waals surface area contributed by atoms with E-state index in [2.05, 4.69) is 5.32 Å². The molecule has 0 fully saturated rings. The summed E-state index contributed by atoms with van der Waals surface area (Å²) in [6, 6.07) is 0.0216. The first-order valence-corrected chi connectivity index (χ1v) is 4.39. The van der Waals surface area contributed by atoms with Crippen molar-refractivity contribution < 1.29 is 9.00 Å². The van der Waals surface area contributed by atoms with E-state index in [1.165, 1.54) is 0 Å². The minimum atomic E-state index is -0.819. The van der Waals surface area contributed by atoms with Crippen LogP contribution in [-0.2, 0) is 15.6 Å². The van der Waals surface area contributed by atoms with Gasteiger partial charge in [0.05, 0.1) is 0 Å². The van der Waals surface area contributed by atoms with Crippen molar-refractivity contribution >= 4 is 17.2 Å². The molecule has 9 heavy (non-hydrogen) atoms. The van der Waals surface area contributed by atoms with Crippen LogP contribution in [0, 0.1) is 0 Å². The molecule has 0 aliphatic heterocycles. The summed E-state index contributed by atoms with van der Waals surface area (Å²) in [6.07, 6.45) is 2.24. The molecule has 0 aromatic rings. The molecule has 0 aromatic carbocycles. The number of hydrogen-bond donors (Lipinski definition) is 1. The van der Waals surface area contributed by atoms with Crippen LogP contribution in [-0.4, -0.2) is 28.7 Å². The highest BCUT2D eigenvalue weighted by atomic mass is 32.2. The van der Waals surface area contributed by atoms with Crippen molar-refractivity contribution in [3.8, 4) is 0 Å². The molecule has 0 bridgehead atoms. The van der Waals surface area contributed by atoms with E-state index >= 15 is 0 Å². The van der Waals surface area contributed by atoms with Crippen LogP contribution in [0.25, 0.3) is 0 Å². The highest BCUT2D eigenvalue weighted by molar-refractivity contribution is 7.84. The molecular weight excluding hydrogens is 138 g/mol. The average Bonchev–Trinajstić information content (AvgIpc) is 1.63. The third-order valence-electron chi connectivity index (χ3n) is 0.837. The summed E-state index contributed by atoms with van der Waals surface area (Å²) >= 11 is 0. The molecule has 3 nitrogen and oxygen atoms in total. The summed E-state index contributed by atoms with van der Waals surface area (Å²) in [5.74, 6) is 0.527. The van der Waals surface area contributed by atoms with Crippen LogP contribution in [0.1, 0.15) is 6.92 Å². The van der Waals surface area contributed by atoms with Gasteiger partial charge in [-0.3, -0.25) is 9.00 Å². The van der Waals surface area contributed by atoms with Gasteiger partial charge < -0.3 is 5.32 Å². The molecule has 2 unspecified atom stereocenters. The van der Waals surface area contributed by atoms with Gasteiger partial charge in [-0.1, -0.05) is 0 Å². The first-order valence-electron chi connectivity index (χ1n) is 2.66. The Morgan fingerprint density at radius 2 is 2.33 bits per heavy atom. The average molecular weight is 149 g/mol. The molecule has 54 valence electrons. The Hall–Kier alpha value is -0.380. The summed E-state index contributed by atoms with van der Waals surface area (Å²) in [7, 11) is -0.819. The van der Waals surface area contributed by atoms with Crippen LogP contribution in [0.3, 0.4) is 0 Å². The van der Waals surface area contributed by atoms with Crippen LogP contribution >= 0.6 is 0 Å². The van der Waals surface area contributed by atoms with Gasteiger partial charge in [0.2, 0.25) is 6.41 Å². The third-order valence-corrected chi connectivity index (χ3v) is 1.81. The Morgan fingerprint density at radius 1 is 1.78 bits per heavy atom. The lowest BCUT2D eigenvalue weighted by Crippen LogP contribution is -2.29. The molecule has 0 aliphatic rings. The first kappa shape index (κ1) is 8.62. The Labute approximate surface area is 57.3 Å². The van der Waals surface area contributed by atoms with E-state index in [9.17, 15) is 9.00 Å². The normalized spacial score (nSPS) is 16.2. The first-order chi connectivity index (χ1) is 4.16. The maximum atomic E-state index is 10.5. The third kappa shape index (κ3) is 5.49. The lowest BCUT2D eigenvalue weighted by atomic mass is 10.4. The maximum Gasteiger partial charge on any atom is 0.207 e. The van der Waals surface area contributed by atoms with E-state index in [1.54, 1.807) is 6.26 Å². The minimum Gasteiger partial charge on any atom is -0.355 e. The fourth-order valence-electron chi connectivity index (χ4n) is 0.516. The Morgan fingerprint density at radius 3 is 2.67 bits per heavy atom. The van der Waals surface area contributed by atoms with Gasteiger partial charge in [-0.05, 0) is 6.92 Å². The molecule has 0 aromatic heterocycles. The zero-order valence-corrected chi connectivity index (χ0v) is 6.40. The van der Waals surface area contributed by atoms with Crippen molar-refractivity contribution in [2.75, 3.05) is 12.0 Å². The van der Waals surface area contributed by atoms with Crippen molar-refractivity contribution in [3.05, 3.63) is 0 Å². The zero-order chi connectivity index (χ0) is 7.28. The van der Waals surface area contributed by atoms with Crippen LogP contribution in [0.5, 0.6) is 0 Å². The predicted molar refractivity (Wildman–Crippen MR) is 37.6 cm³/mol. The molecule has 4 heteroatoms. The monoisotopic (exact) mass is 149 g/mol. The lowest BCUT2D eigenvalue weighted by Gasteiger charge is -2.05. The molecule has 0 radical (unpaired) electrons. The predicted octanol–water partition coefficient (Wildman–Crippen LogP) is -0.501. The van der Waals surface area contributed by atoms with Crippen LogP contribution in [0.15, 0.2) is 0 Å². The summed E-state index contributed by atoms with van der Waals surface area (Å²) in [5.41, 5.74) is 0. The highest BCUT2D eigenvalue weighted by Gasteiger charge is 1.99. The summed E-state index contributed by atoms with van der Waals surface area (Å²) in [5, 5.41) is 2.50. The number of nitrogens with one attached hydrogen (secondary N) is 1. The molecule has 1 N–H and O–H groups in total. The molecule has 2 atom stereocenters. The lowest BCUT2D eigenvalue weighted by molar-refractivity contribution is -0.109. The molecule has 0 heterocycles. The Bertz CT molecular complexity index is 116. The fourth-order valence-corrected chi connectivity index (χ4v) is 1.32. The van der Waals surface area contributed by atoms with E-state index in [0.717, 1.165) is 0 Å². The molecule has 0 saturated heterocycles. The van der Waals surface area contributed by atoms with Gasteiger partial charge in [-0.25, -0.2) is 0 Å².